The molecule has 0 aromatic carbocycles. The summed E-state index contributed by atoms with van der Waals surface area (Å²) in [5.41, 5.74) is 0. The van der Waals surface area contributed by atoms with Crippen LogP contribution in [0, 0.1) is 41.4 Å². The van der Waals surface area contributed by atoms with Crippen molar-refractivity contribution in [2.24, 2.45) is 41.4 Å². The van der Waals surface area contributed by atoms with Gasteiger partial charge in [0.1, 0.15) is 11.5 Å². The second kappa shape index (κ2) is 32.6. The van der Waals surface area contributed by atoms with E-state index in [2.05, 4.69) is 92.0 Å². The number of rotatable bonds is 15. The maximum Gasteiger partial charge on any atom is 0.308 e. The lowest BCUT2D eigenvalue weighted by molar-refractivity contribution is -0.148. The summed E-state index contributed by atoms with van der Waals surface area (Å²) in [5, 5.41) is 5.68. The van der Waals surface area contributed by atoms with E-state index in [-0.39, 0.29) is 35.7 Å². The first-order valence-corrected chi connectivity index (χ1v) is 19.2. The van der Waals surface area contributed by atoms with E-state index < -0.39 is 0 Å². The zero-order valence-corrected chi connectivity index (χ0v) is 36.4. The Morgan fingerprint density at radius 2 is 1.00 bits per heavy atom. The first-order valence-electron chi connectivity index (χ1n) is 19.2. The number of esters is 1. The molecule has 0 aliphatic heterocycles. The first-order chi connectivity index (χ1) is 22.8. The lowest BCUT2D eigenvalue weighted by Crippen LogP contribution is -2.30. The van der Waals surface area contributed by atoms with Crippen molar-refractivity contribution in [3.8, 4) is 0 Å². The number of ether oxygens (including phenoxy) is 2. The molecule has 0 aliphatic rings. The summed E-state index contributed by atoms with van der Waals surface area (Å²) < 4.78 is 15.9. The molecule has 0 aliphatic carbocycles. The highest BCUT2D eigenvalue weighted by atomic mass is 16.5. The molecule has 0 atom stereocenters. The molecule has 0 saturated heterocycles. The van der Waals surface area contributed by atoms with Gasteiger partial charge in [-0.3, -0.25) is 14.4 Å². The smallest absolute Gasteiger partial charge is 0.308 e. The van der Waals surface area contributed by atoms with Crippen LogP contribution in [0.3, 0.4) is 0 Å². The Bertz CT molecular complexity index is 873. The van der Waals surface area contributed by atoms with Crippen LogP contribution in [0.25, 0.3) is 0 Å². The highest BCUT2D eigenvalue weighted by Gasteiger charge is 2.09. The van der Waals surface area contributed by atoms with Crippen LogP contribution in [-0.4, -0.2) is 50.2 Å². The molecular weight excluding hydrogens is 628 g/mol. The molecule has 1 heterocycles. The summed E-state index contributed by atoms with van der Waals surface area (Å²) in [6.07, 6.45) is 0.637. The van der Waals surface area contributed by atoms with Crippen molar-refractivity contribution in [1.29, 1.82) is 0 Å². The summed E-state index contributed by atoms with van der Waals surface area (Å²) in [5.74, 6) is 6.27. The van der Waals surface area contributed by atoms with Gasteiger partial charge >= 0.3 is 5.97 Å². The van der Waals surface area contributed by atoms with Gasteiger partial charge in [0.2, 0.25) is 11.8 Å². The number of amides is 2. The Labute approximate surface area is 310 Å². The largest absolute Gasteiger partial charge is 0.466 e. The Balaban J connectivity index is -0.000000265. The number of carbonyl (C=O) groups excluding carboxylic acids is 3. The number of hydrogen-bond acceptors (Lipinski definition) is 6. The third-order valence-corrected chi connectivity index (χ3v) is 5.97. The molecule has 0 saturated carbocycles. The van der Waals surface area contributed by atoms with Gasteiger partial charge in [-0.2, -0.15) is 0 Å². The highest BCUT2D eigenvalue weighted by molar-refractivity contribution is 5.77. The minimum absolute atomic E-state index is 0.00116. The van der Waals surface area contributed by atoms with Crippen molar-refractivity contribution in [3.63, 3.8) is 0 Å². The zero-order valence-electron chi connectivity index (χ0n) is 36.4. The quantitative estimate of drug-likeness (QED) is 0.175. The van der Waals surface area contributed by atoms with Gasteiger partial charge in [0.25, 0.3) is 0 Å². The molecular formula is C42H84N2O6. The lowest BCUT2D eigenvalue weighted by Gasteiger charge is -2.09. The van der Waals surface area contributed by atoms with Crippen molar-refractivity contribution < 1.29 is 28.3 Å². The van der Waals surface area contributed by atoms with Crippen LogP contribution >= 0.6 is 0 Å². The molecule has 8 nitrogen and oxygen atoms in total. The van der Waals surface area contributed by atoms with E-state index in [0.29, 0.717) is 54.5 Å². The minimum Gasteiger partial charge on any atom is -0.466 e. The normalized spacial score (nSPS) is 10.9. The Morgan fingerprint density at radius 3 is 1.26 bits per heavy atom. The minimum atomic E-state index is -0.103. The van der Waals surface area contributed by atoms with Crippen molar-refractivity contribution in [2.75, 3.05) is 26.4 Å². The van der Waals surface area contributed by atoms with Crippen LogP contribution in [0.4, 0.5) is 0 Å². The molecule has 1 aromatic heterocycles. The van der Waals surface area contributed by atoms with E-state index in [9.17, 15) is 14.4 Å². The van der Waals surface area contributed by atoms with E-state index in [4.69, 9.17) is 13.9 Å². The standard InChI is InChI=1S/C10H16O.2C8H17NO.C8H16O2.C8H18O/c1-7(2)9-5-6-10(11-9)8(3)4;1-6(2)5-9-8(10)7(3)4;1-6(2)5-8(10)9-7(3)4;1-6(2)5-10-8(9)7(3)4;1-7(2)5-9-6-8(3)4/h5-8H,1-4H3;2*6-7H,5H2,1-4H3,(H,9,10);6-7H,5H2,1-4H3;7-8H,5-6H2,1-4H3. The van der Waals surface area contributed by atoms with Gasteiger partial charge in [-0.1, -0.05) is 125 Å². The average molecular weight is 713 g/mol. The monoisotopic (exact) mass is 713 g/mol. The Kier molecular flexibility index (Phi) is 35.4. The molecule has 0 fully saturated rings. The molecule has 298 valence electrons. The predicted octanol–water partition coefficient (Wildman–Crippen LogP) is 10.7. The lowest BCUT2D eigenvalue weighted by atomic mass is 10.1. The van der Waals surface area contributed by atoms with Crippen LogP contribution in [0.2, 0.25) is 0 Å². The second-order valence-corrected chi connectivity index (χ2v) is 16.7. The van der Waals surface area contributed by atoms with E-state index in [1.807, 2.05) is 69.2 Å². The summed E-state index contributed by atoms with van der Waals surface area (Å²) in [4.78, 5) is 32.7. The molecule has 0 spiro atoms. The van der Waals surface area contributed by atoms with Gasteiger partial charge in [-0.15, -0.1) is 0 Å². The van der Waals surface area contributed by atoms with Crippen molar-refractivity contribution in [3.05, 3.63) is 23.7 Å². The SMILES string of the molecule is CC(C)CC(=O)NC(C)C.CC(C)CNC(=O)C(C)C.CC(C)COC(=O)C(C)C.CC(C)COCC(C)C.CC(C)c1ccc(C(C)C)o1. The average Bonchev–Trinajstić information content (AvgIpc) is 3.46. The Morgan fingerprint density at radius 1 is 0.580 bits per heavy atom. The van der Waals surface area contributed by atoms with Crippen LogP contribution in [0.15, 0.2) is 16.5 Å². The van der Waals surface area contributed by atoms with E-state index >= 15 is 0 Å². The van der Waals surface area contributed by atoms with Crippen molar-refractivity contribution in [1.82, 2.24) is 10.6 Å². The van der Waals surface area contributed by atoms with Crippen molar-refractivity contribution >= 4 is 17.8 Å². The topological polar surface area (TPSA) is 107 Å². The van der Waals surface area contributed by atoms with Gasteiger partial charge in [0.05, 0.1) is 12.5 Å². The molecule has 0 bridgehead atoms. The molecule has 2 N–H and O–H groups in total. The van der Waals surface area contributed by atoms with Gasteiger partial charge in [0, 0.05) is 50.0 Å². The van der Waals surface area contributed by atoms with E-state index in [1.165, 1.54) is 0 Å². The third kappa shape index (κ3) is 41.8. The van der Waals surface area contributed by atoms with E-state index in [1.54, 1.807) is 0 Å². The first kappa shape index (κ1) is 54.4. The number of carbonyl (C=O) groups is 3. The summed E-state index contributed by atoms with van der Waals surface area (Å²) >= 11 is 0. The van der Waals surface area contributed by atoms with Crippen LogP contribution in [0.1, 0.15) is 168 Å². The summed E-state index contributed by atoms with van der Waals surface area (Å²) in [6, 6.07) is 4.41. The molecule has 2 amide bonds. The van der Waals surface area contributed by atoms with Gasteiger partial charge in [0.15, 0.2) is 0 Å². The fourth-order valence-corrected chi connectivity index (χ4v) is 3.20. The predicted molar refractivity (Wildman–Crippen MR) is 213 cm³/mol. The molecule has 8 heteroatoms. The van der Waals surface area contributed by atoms with Gasteiger partial charge in [-0.25, -0.2) is 0 Å². The summed E-state index contributed by atoms with van der Waals surface area (Å²) in [6.45, 7) is 44.1. The molecule has 50 heavy (non-hydrogen) atoms. The number of nitrogens with one attached hydrogen (secondary N) is 2. The van der Waals surface area contributed by atoms with E-state index in [0.717, 1.165) is 31.3 Å². The fourth-order valence-electron chi connectivity index (χ4n) is 3.20. The maximum atomic E-state index is 11.0. The zero-order chi connectivity index (χ0) is 40.1. The van der Waals surface area contributed by atoms with Crippen LogP contribution < -0.4 is 10.6 Å². The van der Waals surface area contributed by atoms with Crippen LogP contribution in [-0.2, 0) is 23.9 Å². The summed E-state index contributed by atoms with van der Waals surface area (Å²) in [7, 11) is 0. The molecule has 0 unspecified atom stereocenters. The Hall–Kier alpha value is -2.35. The molecule has 1 rings (SSSR count). The second-order valence-electron chi connectivity index (χ2n) is 16.7. The third-order valence-electron chi connectivity index (χ3n) is 5.97. The number of furan rings is 1. The van der Waals surface area contributed by atoms with Gasteiger partial charge < -0.3 is 24.5 Å². The number of hydrogen-bond donors (Lipinski definition) is 2. The molecule has 1 aromatic rings. The van der Waals surface area contributed by atoms with Crippen LogP contribution in [0.5, 0.6) is 0 Å². The highest BCUT2D eigenvalue weighted by Crippen LogP contribution is 2.22. The maximum absolute atomic E-state index is 11.0. The fraction of sp³-hybridized carbons (Fsp3) is 0.833. The van der Waals surface area contributed by atoms with Crippen molar-refractivity contribution in [2.45, 2.75) is 163 Å². The molecule has 0 radical (unpaired) electrons. The van der Waals surface area contributed by atoms with Gasteiger partial charge in [-0.05, 0) is 55.6 Å².